The number of nitrogens with zero attached hydrogens (tertiary/aromatic N) is 2. The van der Waals surface area contributed by atoms with Gasteiger partial charge in [0.2, 0.25) is 0 Å². The van der Waals surface area contributed by atoms with Crippen molar-refractivity contribution < 1.29 is 9.84 Å². The number of benzene rings is 1. The minimum atomic E-state index is -0.750. The molecule has 35 heavy (non-hydrogen) atoms. The zero-order valence-electron chi connectivity index (χ0n) is 19.9. The maximum absolute atomic E-state index is 12.5. The summed E-state index contributed by atoms with van der Waals surface area (Å²) in [6.07, 6.45) is 2.56. The van der Waals surface area contributed by atoms with E-state index in [4.69, 9.17) is 25.8 Å². The van der Waals surface area contributed by atoms with E-state index in [9.17, 15) is 9.90 Å². The van der Waals surface area contributed by atoms with Crippen molar-refractivity contribution in [3.05, 3.63) is 63.1 Å². The Morgan fingerprint density at radius 1 is 1.29 bits per heavy atom. The number of aromatic amines is 1. The molecule has 1 atom stereocenters. The third-order valence-electron chi connectivity index (χ3n) is 5.74. The number of anilines is 2. The minimum Gasteiger partial charge on any atom is -0.491 e. The Bertz CT molecular complexity index is 1270. The first kappa shape index (κ1) is 24.4. The first-order chi connectivity index (χ1) is 16.9. The Hall–Kier alpha value is -3.76. The summed E-state index contributed by atoms with van der Waals surface area (Å²) >= 11 is 0. The number of rotatable bonds is 11. The second-order valence-corrected chi connectivity index (χ2v) is 8.75. The normalized spacial score (nSPS) is 13.8. The Kier molecular flexibility index (Phi) is 7.42. The van der Waals surface area contributed by atoms with E-state index in [0.717, 1.165) is 24.1 Å². The lowest BCUT2D eigenvalue weighted by Crippen LogP contribution is -2.26. The number of ether oxygens (including phenoxy) is 1. The van der Waals surface area contributed by atoms with E-state index in [2.05, 4.69) is 15.6 Å². The smallest absolute Gasteiger partial charge is 0.253 e. The first-order valence-corrected chi connectivity index (χ1v) is 11.6. The van der Waals surface area contributed by atoms with E-state index in [0.29, 0.717) is 45.9 Å². The lowest BCUT2D eigenvalue weighted by Gasteiger charge is -2.16. The van der Waals surface area contributed by atoms with E-state index >= 15 is 0 Å². The molecule has 1 saturated carbocycles. The fraction of sp³-hybridized carbons (Fsp3) is 0.360. The molecule has 3 aromatic rings. The van der Waals surface area contributed by atoms with Crippen LogP contribution in [0, 0.1) is 19.3 Å². The summed E-state index contributed by atoms with van der Waals surface area (Å²) in [7, 11) is 0. The SMILES string of the molecule is Cc1cc(C)c(CNc2nc(-c3cccc(OCC(O)CN)c3)nc(NC3CC3)c2C=N)c(=O)[nH]1. The van der Waals surface area contributed by atoms with Crippen LogP contribution < -0.4 is 26.7 Å². The van der Waals surface area contributed by atoms with Gasteiger partial charge in [-0.1, -0.05) is 12.1 Å². The molecule has 0 amide bonds. The fourth-order valence-electron chi connectivity index (χ4n) is 3.66. The van der Waals surface area contributed by atoms with Crippen molar-refractivity contribution in [2.45, 2.75) is 45.4 Å². The number of hydrogen-bond acceptors (Lipinski definition) is 9. The minimum absolute atomic E-state index is 0.0826. The fourth-order valence-corrected chi connectivity index (χ4v) is 3.66. The van der Waals surface area contributed by atoms with Gasteiger partial charge in [0.1, 0.15) is 30.1 Å². The zero-order valence-corrected chi connectivity index (χ0v) is 19.9. The molecule has 0 bridgehead atoms. The second-order valence-electron chi connectivity index (χ2n) is 8.75. The summed E-state index contributed by atoms with van der Waals surface area (Å²) < 4.78 is 5.65. The summed E-state index contributed by atoms with van der Waals surface area (Å²) in [5, 5.41) is 24.3. The van der Waals surface area contributed by atoms with Crippen molar-refractivity contribution in [3.8, 4) is 17.1 Å². The molecule has 0 aliphatic heterocycles. The largest absolute Gasteiger partial charge is 0.491 e. The van der Waals surface area contributed by atoms with E-state index in [-0.39, 0.29) is 25.3 Å². The maximum atomic E-state index is 12.5. The lowest BCUT2D eigenvalue weighted by atomic mass is 10.1. The van der Waals surface area contributed by atoms with E-state index in [1.807, 2.05) is 32.0 Å². The van der Waals surface area contributed by atoms with Crippen LogP contribution in [0.25, 0.3) is 11.4 Å². The molecule has 2 aromatic heterocycles. The Balaban J connectivity index is 1.68. The Morgan fingerprint density at radius 2 is 2.06 bits per heavy atom. The number of hydrogen-bond donors (Lipinski definition) is 6. The standard InChI is InChI=1S/C25H31N7O3/c1-14-8-15(2)29-25(34)21(14)12-28-23-20(11-27)24(30-17-6-7-17)32-22(31-23)16-4-3-5-19(9-16)35-13-18(33)10-26/h3-5,8-9,11,17-18,27,33H,6-7,10,12-13,26H2,1-2H3,(H,29,34)(H2,28,30,31,32). The molecule has 0 radical (unpaired) electrons. The molecule has 1 aliphatic carbocycles. The monoisotopic (exact) mass is 477 g/mol. The van der Waals surface area contributed by atoms with Crippen LogP contribution in [0.2, 0.25) is 0 Å². The number of aromatic nitrogens is 3. The van der Waals surface area contributed by atoms with Crippen LogP contribution in [0.5, 0.6) is 5.75 Å². The predicted octanol–water partition coefficient (Wildman–Crippen LogP) is 2.33. The summed E-state index contributed by atoms with van der Waals surface area (Å²) in [6, 6.07) is 9.51. The zero-order chi connectivity index (χ0) is 24.9. The van der Waals surface area contributed by atoms with Gasteiger partial charge in [-0.25, -0.2) is 9.97 Å². The molecule has 10 heteroatoms. The Morgan fingerprint density at radius 3 is 2.74 bits per heavy atom. The molecule has 184 valence electrons. The lowest BCUT2D eigenvalue weighted by molar-refractivity contribution is 0.114. The van der Waals surface area contributed by atoms with Crippen LogP contribution in [-0.2, 0) is 6.54 Å². The molecule has 1 unspecified atom stereocenters. The van der Waals surface area contributed by atoms with Crippen molar-refractivity contribution in [3.63, 3.8) is 0 Å². The van der Waals surface area contributed by atoms with Gasteiger partial charge in [-0.2, -0.15) is 0 Å². The van der Waals surface area contributed by atoms with Crippen LogP contribution in [0.15, 0.2) is 35.1 Å². The molecule has 1 aromatic carbocycles. The van der Waals surface area contributed by atoms with E-state index in [1.54, 1.807) is 12.1 Å². The van der Waals surface area contributed by atoms with Gasteiger partial charge in [0.05, 0.1) is 5.56 Å². The molecule has 0 saturated heterocycles. The van der Waals surface area contributed by atoms with Gasteiger partial charge < -0.3 is 36.6 Å². The van der Waals surface area contributed by atoms with Crippen molar-refractivity contribution in [1.82, 2.24) is 15.0 Å². The molecule has 0 spiro atoms. The van der Waals surface area contributed by atoms with Crippen LogP contribution in [0.1, 0.15) is 35.2 Å². The Labute approximate surface area is 203 Å². The second kappa shape index (κ2) is 10.7. The third kappa shape index (κ3) is 6.03. The highest BCUT2D eigenvalue weighted by Crippen LogP contribution is 2.31. The van der Waals surface area contributed by atoms with E-state index in [1.165, 1.54) is 6.21 Å². The number of H-pyrrole nitrogens is 1. The van der Waals surface area contributed by atoms with Gasteiger partial charge >= 0.3 is 0 Å². The van der Waals surface area contributed by atoms with E-state index < -0.39 is 6.10 Å². The van der Waals surface area contributed by atoms with Gasteiger partial charge in [-0.05, 0) is 50.5 Å². The predicted molar refractivity (Wildman–Crippen MR) is 136 cm³/mol. The molecule has 7 N–H and O–H groups in total. The van der Waals surface area contributed by atoms with Crippen molar-refractivity contribution >= 4 is 17.9 Å². The van der Waals surface area contributed by atoms with Crippen LogP contribution in [0.3, 0.4) is 0 Å². The van der Waals surface area contributed by atoms with Crippen LogP contribution in [-0.4, -0.2) is 51.6 Å². The average Bonchev–Trinajstić information content (AvgIpc) is 3.66. The number of pyridine rings is 1. The molecule has 4 rings (SSSR count). The van der Waals surface area contributed by atoms with Crippen molar-refractivity contribution in [2.24, 2.45) is 5.73 Å². The summed E-state index contributed by atoms with van der Waals surface area (Å²) in [6.45, 7) is 4.19. The van der Waals surface area contributed by atoms with Crippen molar-refractivity contribution in [2.75, 3.05) is 23.8 Å². The number of nitrogens with one attached hydrogen (secondary N) is 4. The van der Waals surface area contributed by atoms with Crippen LogP contribution >= 0.6 is 0 Å². The third-order valence-corrected chi connectivity index (χ3v) is 5.74. The first-order valence-electron chi connectivity index (χ1n) is 11.6. The highest BCUT2D eigenvalue weighted by atomic mass is 16.5. The van der Waals surface area contributed by atoms with Gasteiger partial charge in [0.15, 0.2) is 5.82 Å². The number of aliphatic hydroxyl groups is 1. The van der Waals surface area contributed by atoms with Crippen molar-refractivity contribution in [1.29, 1.82) is 5.41 Å². The molecular weight excluding hydrogens is 446 g/mol. The molecule has 2 heterocycles. The summed E-state index contributed by atoms with van der Waals surface area (Å²) in [4.78, 5) is 24.7. The maximum Gasteiger partial charge on any atom is 0.253 e. The quantitative estimate of drug-likeness (QED) is 0.229. The molecule has 1 aliphatic rings. The molecule has 10 nitrogen and oxygen atoms in total. The average molecular weight is 478 g/mol. The number of nitrogens with two attached hydrogens (primary N) is 1. The molecular formula is C25H31N7O3. The topological polar surface area (TPSA) is 162 Å². The van der Waals surface area contributed by atoms with Gasteiger partial charge in [0.25, 0.3) is 5.56 Å². The van der Waals surface area contributed by atoms with Gasteiger partial charge in [-0.3, -0.25) is 4.79 Å². The number of aryl methyl sites for hydroxylation is 2. The highest BCUT2D eigenvalue weighted by Gasteiger charge is 2.24. The van der Waals surface area contributed by atoms with Gasteiger partial charge in [-0.15, -0.1) is 0 Å². The van der Waals surface area contributed by atoms with Gasteiger partial charge in [0, 0.05) is 42.2 Å². The molecule has 1 fully saturated rings. The number of aliphatic hydroxyl groups excluding tert-OH is 1. The van der Waals surface area contributed by atoms with Crippen LogP contribution in [0.4, 0.5) is 11.6 Å². The summed E-state index contributed by atoms with van der Waals surface area (Å²) in [5.74, 6) is 2.02. The highest BCUT2D eigenvalue weighted by molar-refractivity contribution is 5.91. The summed E-state index contributed by atoms with van der Waals surface area (Å²) in [5.41, 5.74) is 8.84.